The molecule has 7 heteroatoms. The summed E-state index contributed by atoms with van der Waals surface area (Å²) in [6.07, 6.45) is 0. The number of esters is 1. The van der Waals surface area contributed by atoms with Crippen molar-refractivity contribution in [3.63, 3.8) is 0 Å². The molecule has 0 aliphatic carbocycles. The summed E-state index contributed by atoms with van der Waals surface area (Å²) in [5, 5.41) is 3.01. The molecule has 2 aromatic rings. The van der Waals surface area contributed by atoms with Gasteiger partial charge in [0.1, 0.15) is 6.54 Å². The van der Waals surface area contributed by atoms with Crippen LogP contribution in [0.5, 0.6) is 0 Å². The molecule has 0 spiro atoms. The summed E-state index contributed by atoms with van der Waals surface area (Å²) < 4.78 is 4.98. The quantitative estimate of drug-likeness (QED) is 0.785. The lowest BCUT2D eigenvalue weighted by molar-refractivity contribution is -0.120. The lowest BCUT2D eigenvalue weighted by Gasteiger charge is -2.22. The third kappa shape index (κ3) is 4.83. The Hall–Kier alpha value is -2.86. The summed E-state index contributed by atoms with van der Waals surface area (Å²) in [7, 11) is 0. The van der Waals surface area contributed by atoms with Crippen LogP contribution in [0.25, 0.3) is 0 Å². The molecule has 2 rings (SSSR count). The van der Waals surface area contributed by atoms with E-state index in [0.29, 0.717) is 16.4 Å². The number of hydrogen-bond acceptors (Lipinski definition) is 4. The number of carbonyl (C=O) groups excluding carboxylic acids is 3. The summed E-state index contributed by atoms with van der Waals surface area (Å²) in [4.78, 5) is 37.7. The summed E-state index contributed by atoms with van der Waals surface area (Å²) in [6, 6.07) is 13.3. The Labute approximate surface area is 156 Å². The van der Waals surface area contributed by atoms with Crippen molar-refractivity contribution in [1.29, 1.82) is 0 Å². The van der Waals surface area contributed by atoms with Crippen LogP contribution in [0.3, 0.4) is 0 Å². The van der Waals surface area contributed by atoms with Gasteiger partial charge in [-0.15, -0.1) is 0 Å². The Bertz CT molecular complexity index is 823. The number of hydrogen-bond donors (Lipinski definition) is 1. The topological polar surface area (TPSA) is 75.7 Å². The number of amides is 2. The molecule has 2 aromatic carbocycles. The van der Waals surface area contributed by atoms with Crippen LogP contribution in [0, 0.1) is 0 Å². The van der Waals surface area contributed by atoms with Gasteiger partial charge in [-0.2, -0.15) is 0 Å². The van der Waals surface area contributed by atoms with E-state index >= 15 is 0 Å². The molecule has 0 heterocycles. The second-order valence-electron chi connectivity index (χ2n) is 5.37. The zero-order valence-corrected chi connectivity index (χ0v) is 15.2. The number of nitrogens with zero attached hydrogens (tertiary/aromatic N) is 1. The number of benzene rings is 2. The highest BCUT2D eigenvalue weighted by Crippen LogP contribution is 2.25. The maximum absolute atomic E-state index is 12.4. The molecule has 0 fully saturated rings. The highest BCUT2D eigenvalue weighted by atomic mass is 35.5. The van der Waals surface area contributed by atoms with Gasteiger partial charge in [-0.05, 0) is 31.2 Å². The normalized spacial score (nSPS) is 10.1. The molecular weight excluding hydrogens is 356 g/mol. The fraction of sp³-hybridized carbons (Fsp3) is 0.211. The van der Waals surface area contributed by atoms with E-state index in [-0.39, 0.29) is 24.6 Å². The molecule has 0 aromatic heterocycles. The largest absolute Gasteiger partial charge is 0.462 e. The predicted molar refractivity (Wildman–Crippen MR) is 101 cm³/mol. The third-order valence-corrected chi connectivity index (χ3v) is 3.84. The molecule has 26 heavy (non-hydrogen) atoms. The predicted octanol–water partition coefficient (Wildman–Crippen LogP) is 3.51. The molecule has 136 valence electrons. The summed E-state index contributed by atoms with van der Waals surface area (Å²) in [5.41, 5.74) is 1.00. The van der Waals surface area contributed by atoms with Gasteiger partial charge in [0.2, 0.25) is 11.8 Å². The second-order valence-corrected chi connectivity index (χ2v) is 5.78. The molecule has 1 N–H and O–H groups in total. The molecule has 0 aliphatic rings. The van der Waals surface area contributed by atoms with Crippen molar-refractivity contribution in [2.24, 2.45) is 0 Å². The molecule has 0 saturated heterocycles. The molecule has 6 nitrogen and oxygen atoms in total. The van der Waals surface area contributed by atoms with Crippen molar-refractivity contribution in [3.05, 3.63) is 59.1 Å². The lowest BCUT2D eigenvalue weighted by Crippen LogP contribution is -2.37. The number of ether oxygens (including phenoxy) is 1. The number of anilines is 2. The first-order valence-corrected chi connectivity index (χ1v) is 8.40. The maximum atomic E-state index is 12.4. The van der Waals surface area contributed by atoms with E-state index in [1.165, 1.54) is 11.8 Å². The smallest absolute Gasteiger partial charge is 0.340 e. The van der Waals surface area contributed by atoms with Gasteiger partial charge in [0.15, 0.2) is 0 Å². The molecule has 0 radical (unpaired) electrons. The molecule has 0 unspecified atom stereocenters. The average Bonchev–Trinajstić information content (AvgIpc) is 2.61. The van der Waals surface area contributed by atoms with Crippen LogP contribution >= 0.6 is 11.6 Å². The molecule has 0 bridgehead atoms. The molecule has 0 saturated carbocycles. The Morgan fingerprint density at radius 1 is 1.08 bits per heavy atom. The fourth-order valence-corrected chi connectivity index (χ4v) is 2.59. The Balaban J connectivity index is 2.19. The lowest BCUT2D eigenvalue weighted by atomic mass is 10.1. The summed E-state index contributed by atoms with van der Waals surface area (Å²) >= 11 is 6.12. The first-order chi connectivity index (χ1) is 12.4. The van der Waals surface area contributed by atoms with Crippen molar-refractivity contribution < 1.29 is 19.1 Å². The van der Waals surface area contributed by atoms with E-state index < -0.39 is 11.9 Å². The number of halogens is 1. The Kier molecular flexibility index (Phi) is 6.74. The van der Waals surface area contributed by atoms with Gasteiger partial charge in [-0.25, -0.2) is 4.79 Å². The average molecular weight is 375 g/mol. The van der Waals surface area contributed by atoms with E-state index in [0.717, 1.165) is 0 Å². The summed E-state index contributed by atoms with van der Waals surface area (Å²) in [6.45, 7) is 3.04. The van der Waals surface area contributed by atoms with Gasteiger partial charge in [-0.1, -0.05) is 35.9 Å². The maximum Gasteiger partial charge on any atom is 0.340 e. The van der Waals surface area contributed by atoms with Crippen molar-refractivity contribution in [1.82, 2.24) is 0 Å². The highest BCUT2D eigenvalue weighted by Gasteiger charge is 2.20. The van der Waals surface area contributed by atoms with Crippen LogP contribution in [0.4, 0.5) is 11.4 Å². The van der Waals surface area contributed by atoms with Crippen molar-refractivity contribution in [2.75, 3.05) is 23.4 Å². The monoisotopic (exact) mass is 374 g/mol. The van der Waals surface area contributed by atoms with Gasteiger partial charge in [0.25, 0.3) is 0 Å². The van der Waals surface area contributed by atoms with Crippen molar-refractivity contribution >= 4 is 40.8 Å². The van der Waals surface area contributed by atoms with Crippen molar-refractivity contribution in [3.8, 4) is 0 Å². The van der Waals surface area contributed by atoms with Gasteiger partial charge >= 0.3 is 5.97 Å². The third-order valence-electron chi connectivity index (χ3n) is 3.52. The second kappa shape index (κ2) is 9.01. The molecule has 0 aliphatic heterocycles. The zero-order valence-electron chi connectivity index (χ0n) is 14.5. The SMILES string of the molecule is CCOC(=O)c1ccccc1NC(=O)CN(C(C)=O)c1ccccc1Cl. The molecular formula is C19H19ClN2O4. The minimum Gasteiger partial charge on any atom is -0.462 e. The number of carbonyl (C=O) groups is 3. The zero-order chi connectivity index (χ0) is 19.1. The van der Waals surface area contributed by atoms with Crippen LogP contribution in [0.1, 0.15) is 24.2 Å². The van der Waals surface area contributed by atoms with Crippen molar-refractivity contribution in [2.45, 2.75) is 13.8 Å². The van der Waals surface area contributed by atoms with Gasteiger partial charge in [-0.3, -0.25) is 9.59 Å². The Morgan fingerprint density at radius 2 is 1.73 bits per heavy atom. The minimum atomic E-state index is -0.530. The molecule has 2 amide bonds. The number of para-hydroxylation sites is 2. The van der Waals surface area contributed by atoms with Gasteiger partial charge in [0, 0.05) is 6.92 Å². The summed E-state index contributed by atoms with van der Waals surface area (Å²) in [5.74, 6) is -1.32. The number of nitrogens with one attached hydrogen (secondary N) is 1. The first kappa shape index (κ1) is 19.5. The minimum absolute atomic E-state index is 0.228. The van der Waals surface area contributed by atoms with E-state index in [1.54, 1.807) is 55.5 Å². The Morgan fingerprint density at radius 3 is 2.38 bits per heavy atom. The van der Waals surface area contributed by atoms with Gasteiger partial charge < -0.3 is 15.0 Å². The van der Waals surface area contributed by atoms with Gasteiger partial charge in [0.05, 0.1) is 28.6 Å². The highest BCUT2D eigenvalue weighted by molar-refractivity contribution is 6.33. The van der Waals surface area contributed by atoms with E-state index in [4.69, 9.17) is 16.3 Å². The van der Waals surface area contributed by atoms with Crippen LogP contribution in [-0.2, 0) is 14.3 Å². The number of rotatable bonds is 6. The van der Waals surface area contributed by atoms with E-state index in [2.05, 4.69) is 5.32 Å². The fourth-order valence-electron chi connectivity index (χ4n) is 2.35. The van der Waals surface area contributed by atoms with E-state index in [1.807, 2.05) is 0 Å². The van der Waals surface area contributed by atoms with E-state index in [9.17, 15) is 14.4 Å². The van der Waals surface area contributed by atoms with Crippen LogP contribution < -0.4 is 10.2 Å². The van der Waals surface area contributed by atoms with Crippen LogP contribution in [0.15, 0.2) is 48.5 Å². The first-order valence-electron chi connectivity index (χ1n) is 8.02. The standard InChI is InChI=1S/C19H19ClN2O4/c1-3-26-19(25)14-8-4-6-10-16(14)21-18(24)12-22(13(2)23)17-11-7-5-9-15(17)20/h4-11H,3,12H2,1-2H3,(H,21,24). The van der Waals surface area contributed by atoms with Crippen LogP contribution in [-0.4, -0.2) is 30.9 Å². The van der Waals surface area contributed by atoms with Crippen LogP contribution in [0.2, 0.25) is 5.02 Å². The molecule has 0 atom stereocenters.